The molecule has 4 rings (SSSR count). The molecular formula is C21H15ClF3N5O. The Bertz CT molecular complexity index is 1320. The number of benzene rings is 2. The van der Waals surface area contributed by atoms with Crippen molar-refractivity contribution in [2.75, 3.05) is 11.1 Å². The van der Waals surface area contributed by atoms with E-state index < -0.39 is 17.8 Å². The number of amides is 1. The molecule has 6 nitrogen and oxygen atoms in total. The number of fused-ring (bicyclic) bond motifs is 1. The molecule has 2 aromatic carbocycles. The van der Waals surface area contributed by atoms with Gasteiger partial charge < -0.3 is 16.0 Å². The Labute approximate surface area is 179 Å². The molecule has 0 spiro atoms. The first kappa shape index (κ1) is 20.7. The van der Waals surface area contributed by atoms with Crippen LogP contribution in [0.5, 0.6) is 0 Å². The van der Waals surface area contributed by atoms with Crippen LogP contribution in [0.4, 0.5) is 24.5 Å². The number of anilines is 2. The van der Waals surface area contributed by atoms with Crippen LogP contribution in [-0.2, 0) is 6.18 Å². The second-order valence-electron chi connectivity index (χ2n) is 6.84. The maximum atomic E-state index is 12.8. The summed E-state index contributed by atoms with van der Waals surface area (Å²) in [5.41, 5.74) is 7.67. The molecule has 0 saturated carbocycles. The van der Waals surface area contributed by atoms with E-state index in [2.05, 4.69) is 20.3 Å². The van der Waals surface area contributed by atoms with Gasteiger partial charge in [0.15, 0.2) is 0 Å². The molecule has 1 amide bonds. The number of alkyl halides is 3. The summed E-state index contributed by atoms with van der Waals surface area (Å²) in [5.74, 6) is -0.113. The molecule has 0 bridgehead atoms. The quantitative estimate of drug-likeness (QED) is 0.366. The van der Waals surface area contributed by atoms with E-state index in [0.29, 0.717) is 33.3 Å². The van der Waals surface area contributed by atoms with E-state index in [1.165, 1.54) is 6.92 Å². The summed E-state index contributed by atoms with van der Waals surface area (Å²) in [6.07, 6.45) is -4.58. The number of nitrogen functional groups attached to an aromatic ring is 1. The number of aromatic amines is 1. The van der Waals surface area contributed by atoms with Gasteiger partial charge >= 0.3 is 6.18 Å². The van der Waals surface area contributed by atoms with Crippen LogP contribution in [0, 0.1) is 6.92 Å². The minimum Gasteiger partial charge on any atom is -0.399 e. The van der Waals surface area contributed by atoms with E-state index >= 15 is 0 Å². The number of aryl methyl sites for hydroxylation is 1. The Kier molecular flexibility index (Phi) is 5.06. The Morgan fingerprint density at radius 1 is 1.10 bits per heavy atom. The first-order valence-corrected chi connectivity index (χ1v) is 9.41. The van der Waals surface area contributed by atoms with Crippen molar-refractivity contribution >= 4 is 39.9 Å². The summed E-state index contributed by atoms with van der Waals surface area (Å²) in [6.45, 7) is 1.34. The Balaban J connectivity index is 1.63. The Morgan fingerprint density at radius 2 is 1.87 bits per heavy atom. The molecule has 2 aromatic heterocycles. The van der Waals surface area contributed by atoms with Crippen LogP contribution in [0.2, 0.25) is 5.02 Å². The molecule has 0 aliphatic carbocycles. The average molecular weight is 446 g/mol. The molecule has 158 valence electrons. The highest BCUT2D eigenvalue weighted by atomic mass is 35.5. The summed E-state index contributed by atoms with van der Waals surface area (Å²) in [6, 6.07) is 11.9. The van der Waals surface area contributed by atoms with Gasteiger partial charge in [0.2, 0.25) is 0 Å². The smallest absolute Gasteiger partial charge is 0.399 e. The van der Waals surface area contributed by atoms with Crippen LogP contribution in [-0.4, -0.2) is 20.9 Å². The molecule has 0 unspecified atom stereocenters. The lowest BCUT2D eigenvalue weighted by Crippen LogP contribution is -2.16. The zero-order valence-corrected chi connectivity index (χ0v) is 16.8. The fourth-order valence-electron chi connectivity index (χ4n) is 3.10. The molecule has 31 heavy (non-hydrogen) atoms. The van der Waals surface area contributed by atoms with Gasteiger partial charge in [-0.15, -0.1) is 0 Å². The number of halogens is 4. The van der Waals surface area contributed by atoms with Gasteiger partial charge in [-0.25, -0.2) is 9.97 Å². The molecule has 0 fully saturated rings. The van der Waals surface area contributed by atoms with E-state index in [1.54, 1.807) is 36.4 Å². The molecule has 4 aromatic rings. The largest absolute Gasteiger partial charge is 0.433 e. The highest BCUT2D eigenvalue weighted by Crippen LogP contribution is 2.31. The Hall–Kier alpha value is -3.59. The number of pyridine rings is 1. The number of nitrogens with zero attached hydrogens (tertiary/aromatic N) is 2. The van der Waals surface area contributed by atoms with Gasteiger partial charge in [-0.1, -0.05) is 11.6 Å². The monoisotopic (exact) mass is 445 g/mol. The molecule has 10 heteroatoms. The molecular weight excluding hydrogens is 431 g/mol. The zero-order valence-electron chi connectivity index (χ0n) is 16.0. The van der Waals surface area contributed by atoms with Gasteiger partial charge in [-0.05, 0) is 55.5 Å². The van der Waals surface area contributed by atoms with Gasteiger partial charge in [-0.3, -0.25) is 4.79 Å². The van der Waals surface area contributed by atoms with Gasteiger partial charge in [0.25, 0.3) is 5.91 Å². The van der Waals surface area contributed by atoms with E-state index in [1.807, 2.05) is 0 Å². The summed E-state index contributed by atoms with van der Waals surface area (Å²) in [4.78, 5) is 23.7. The molecule has 0 radical (unpaired) electrons. The van der Waals surface area contributed by atoms with E-state index in [0.717, 1.165) is 17.6 Å². The predicted molar refractivity (Wildman–Crippen MR) is 113 cm³/mol. The standard InChI is InChI=1S/C21H15ClF3N5O/c1-10-13(4-7-18(27-10)21(23,24)25)20(31)28-12-3-5-15(22)14(9-12)19-29-16-6-2-11(26)8-17(16)30-19/h2-9H,26H2,1H3,(H,28,31)(H,29,30). The van der Waals surface area contributed by atoms with Gasteiger partial charge in [0.05, 0.1) is 27.3 Å². The number of imidazole rings is 1. The maximum absolute atomic E-state index is 12.8. The van der Waals surface area contributed by atoms with Gasteiger partial charge in [-0.2, -0.15) is 13.2 Å². The fourth-order valence-corrected chi connectivity index (χ4v) is 3.30. The van der Waals surface area contributed by atoms with Crippen LogP contribution < -0.4 is 11.1 Å². The fraction of sp³-hybridized carbons (Fsp3) is 0.0952. The van der Waals surface area contributed by atoms with Crippen LogP contribution in [0.15, 0.2) is 48.5 Å². The minimum absolute atomic E-state index is 0.0311. The number of hydrogen-bond acceptors (Lipinski definition) is 4. The number of nitrogens with two attached hydrogens (primary N) is 1. The Morgan fingerprint density at radius 3 is 2.58 bits per heavy atom. The zero-order chi connectivity index (χ0) is 22.3. The van der Waals surface area contributed by atoms with E-state index in [4.69, 9.17) is 17.3 Å². The highest BCUT2D eigenvalue weighted by molar-refractivity contribution is 6.33. The van der Waals surface area contributed by atoms with Crippen LogP contribution in [0.1, 0.15) is 21.7 Å². The number of hydrogen-bond donors (Lipinski definition) is 3. The molecule has 4 N–H and O–H groups in total. The van der Waals surface area contributed by atoms with Crippen molar-refractivity contribution in [1.29, 1.82) is 0 Å². The summed E-state index contributed by atoms with van der Waals surface area (Å²) < 4.78 is 38.4. The number of nitrogens with one attached hydrogen (secondary N) is 2. The molecule has 2 heterocycles. The van der Waals surface area contributed by atoms with E-state index in [9.17, 15) is 18.0 Å². The normalized spacial score (nSPS) is 11.6. The average Bonchev–Trinajstić information content (AvgIpc) is 3.11. The predicted octanol–water partition coefficient (Wildman–Crippen LogP) is 5.44. The lowest BCUT2D eigenvalue weighted by molar-refractivity contribution is -0.141. The first-order chi connectivity index (χ1) is 14.6. The van der Waals surface area contributed by atoms with Gasteiger partial charge in [0, 0.05) is 16.9 Å². The highest BCUT2D eigenvalue weighted by Gasteiger charge is 2.33. The molecule has 0 saturated heterocycles. The topological polar surface area (TPSA) is 96.7 Å². The molecule has 0 atom stereocenters. The van der Waals surface area contributed by atoms with Crippen molar-refractivity contribution in [3.05, 3.63) is 70.5 Å². The van der Waals surface area contributed by atoms with Gasteiger partial charge in [0.1, 0.15) is 11.5 Å². The third-order valence-corrected chi connectivity index (χ3v) is 4.94. The van der Waals surface area contributed by atoms with Crippen molar-refractivity contribution in [3.63, 3.8) is 0 Å². The third-order valence-electron chi connectivity index (χ3n) is 4.61. The second kappa shape index (κ2) is 7.59. The summed E-state index contributed by atoms with van der Waals surface area (Å²) in [5, 5.41) is 3.06. The molecule has 0 aliphatic rings. The van der Waals surface area contributed by atoms with Crippen LogP contribution >= 0.6 is 11.6 Å². The van der Waals surface area contributed by atoms with Crippen molar-refractivity contribution in [2.45, 2.75) is 13.1 Å². The number of aromatic nitrogens is 3. The number of rotatable bonds is 3. The summed E-state index contributed by atoms with van der Waals surface area (Å²) >= 11 is 6.31. The maximum Gasteiger partial charge on any atom is 0.433 e. The number of carbonyl (C=O) groups excluding carboxylic acids is 1. The van der Waals surface area contributed by atoms with Crippen molar-refractivity contribution in [2.24, 2.45) is 0 Å². The lowest BCUT2D eigenvalue weighted by atomic mass is 10.1. The van der Waals surface area contributed by atoms with Crippen LogP contribution in [0.25, 0.3) is 22.4 Å². The molecule has 0 aliphatic heterocycles. The summed E-state index contributed by atoms with van der Waals surface area (Å²) in [7, 11) is 0. The van der Waals surface area contributed by atoms with Crippen molar-refractivity contribution in [3.8, 4) is 11.4 Å². The lowest BCUT2D eigenvalue weighted by Gasteiger charge is -2.11. The van der Waals surface area contributed by atoms with Crippen molar-refractivity contribution in [1.82, 2.24) is 15.0 Å². The van der Waals surface area contributed by atoms with Crippen molar-refractivity contribution < 1.29 is 18.0 Å². The van der Waals surface area contributed by atoms with Crippen LogP contribution in [0.3, 0.4) is 0 Å². The number of carbonyl (C=O) groups is 1. The second-order valence-corrected chi connectivity index (χ2v) is 7.25. The van der Waals surface area contributed by atoms with E-state index in [-0.39, 0.29) is 11.3 Å². The third kappa shape index (κ3) is 4.17. The number of H-pyrrole nitrogens is 1. The SMILES string of the molecule is Cc1nc(C(F)(F)F)ccc1C(=O)Nc1ccc(Cl)c(-c2nc3ccc(N)cc3[nH]2)c1. The first-order valence-electron chi connectivity index (χ1n) is 9.03. The minimum atomic E-state index is -4.58.